The Bertz CT molecular complexity index is 253. The number of aliphatic hydroxyl groups is 1. The fourth-order valence-electron chi connectivity index (χ4n) is 0.804. The second-order valence-corrected chi connectivity index (χ2v) is 2.87. The van der Waals surface area contributed by atoms with Crippen LogP contribution in [0.15, 0.2) is 0 Å². The van der Waals surface area contributed by atoms with E-state index in [-0.39, 0.29) is 18.9 Å². The van der Waals surface area contributed by atoms with Gasteiger partial charge in [-0.3, -0.25) is 9.59 Å². The molecule has 15 heavy (non-hydrogen) atoms. The highest BCUT2D eigenvalue weighted by Crippen LogP contribution is 1.85. The van der Waals surface area contributed by atoms with Gasteiger partial charge in [0.2, 0.25) is 11.8 Å². The van der Waals surface area contributed by atoms with Crippen molar-refractivity contribution in [3.63, 3.8) is 0 Å². The van der Waals surface area contributed by atoms with Crippen LogP contribution in [0.25, 0.3) is 0 Å². The SMILES string of the molecule is CC(=O)NCCC(=O)NC(CO)C(=O)O. The van der Waals surface area contributed by atoms with Crippen LogP contribution < -0.4 is 10.6 Å². The van der Waals surface area contributed by atoms with Crippen molar-refractivity contribution < 1.29 is 24.6 Å². The van der Waals surface area contributed by atoms with E-state index in [0.29, 0.717) is 0 Å². The summed E-state index contributed by atoms with van der Waals surface area (Å²) in [4.78, 5) is 31.9. The van der Waals surface area contributed by atoms with Crippen molar-refractivity contribution in [3.8, 4) is 0 Å². The molecule has 2 amide bonds. The van der Waals surface area contributed by atoms with Crippen LogP contribution in [0.5, 0.6) is 0 Å². The molecule has 0 aromatic heterocycles. The molecule has 0 fully saturated rings. The second-order valence-electron chi connectivity index (χ2n) is 2.87. The molecule has 0 saturated heterocycles. The molecular weight excluding hydrogens is 204 g/mol. The van der Waals surface area contributed by atoms with Crippen molar-refractivity contribution in [1.29, 1.82) is 0 Å². The summed E-state index contributed by atoms with van der Waals surface area (Å²) in [5, 5.41) is 21.6. The standard InChI is InChI=1S/C8H14N2O5/c1-5(12)9-3-2-7(13)10-6(4-11)8(14)15/h6,11H,2-4H2,1H3,(H,9,12)(H,10,13)(H,14,15). The largest absolute Gasteiger partial charge is 0.480 e. The number of hydrogen-bond acceptors (Lipinski definition) is 4. The molecule has 0 spiro atoms. The third kappa shape index (κ3) is 6.44. The lowest BCUT2D eigenvalue weighted by molar-refractivity contribution is -0.143. The summed E-state index contributed by atoms with van der Waals surface area (Å²) < 4.78 is 0. The zero-order valence-electron chi connectivity index (χ0n) is 8.32. The average molecular weight is 218 g/mol. The Kier molecular flexibility index (Phi) is 6.03. The molecule has 0 aromatic rings. The summed E-state index contributed by atoms with van der Waals surface area (Å²) in [6.45, 7) is 0.784. The number of hydrogen-bond donors (Lipinski definition) is 4. The van der Waals surface area contributed by atoms with Gasteiger partial charge in [0.1, 0.15) is 6.04 Å². The van der Waals surface area contributed by atoms with Gasteiger partial charge in [0.05, 0.1) is 6.61 Å². The number of carboxylic acid groups (broad SMARTS) is 1. The zero-order valence-corrected chi connectivity index (χ0v) is 8.32. The molecule has 0 aliphatic rings. The van der Waals surface area contributed by atoms with Crippen molar-refractivity contribution in [2.75, 3.05) is 13.2 Å². The van der Waals surface area contributed by atoms with Crippen LogP contribution in [-0.4, -0.2) is 47.2 Å². The maximum absolute atomic E-state index is 11.1. The lowest BCUT2D eigenvalue weighted by Gasteiger charge is -2.11. The Morgan fingerprint density at radius 3 is 2.33 bits per heavy atom. The molecule has 86 valence electrons. The van der Waals surface area contributed by atoms with Gasteiger partial charge in [-0.05, 0) is 0 Å². The predicted molar refractivity (Wildman–Crippen MR) is 50.0 cm³/mol. The van der Waals surface area contributed by atoms with Gasteiger partial charge >= 0.3 is 5.97 Å². The second kappa shape index (κ2) is 6.77. The number of carbonyl (C=O) groups excluding carboxylic acids is 2. The minimum Gasteiger partial charge on any atom is -0.480 e. The molecule has 0 saturated carbocycles. The highest BCUT2D eigenvalue weighted by Gasteiger charge is 2.17. The molecule has 1 atom stereocenters. The molecular formula is C8H14N2O5. The van der Waals surface area contributed by atoms with Crippen molar-refractivity contribution >= 4 is 17.8 Å². The number of rotatable bonds is 6. The number of amides is 2. The maximum atomic E-state index is 11.1. The topological polar surface area (TPSA) is 116 Å². The van der Waals surface area contributed by atoms with Crippen LogP contribution in [0.2, 0.25) is 0 Å². The number of aliphatic carboxylic acids is 1. The number of carboxylic acids is 1. The van der Waals surface area contributed by atoms with Crippen LogP contribution in [0, 0.1) is 0 Å². The van der Waals surface area contributed by atoms with Crippen molar-refractivity contribution in [3.05, 3.63) is 0 Å². The molecule has 0 rings (SSSR count). The fraction of sp³-hybridized carbons (Fsp3) is 0.625. The van der Waals surface area contributed by atoms with E-state index >= 15 is 0 Å². The molecule has 7 nitrogen and oxygen atoms in total. The Hall–Kier alpha value is -1.63. The molecule has 0 heterocycles. The average Bonchev–Trinajstić information content (AvgIpc) is 2.13. The van der Waals surface area contributed by atoms with Gasteiger partial charge in [0, 0.05) is 19.9 Å². The van der Waals surface area contributed by atoms with Crippen molar-refractivity contribution in [2.45, 2.75) is 19.4 Å². The molecule has 0 aliphatic carbocycles. The Labute approximate surface area is 86.5 Å². The van der Waals surface area contributed by atoms with E-state index in [1.807, 2.05) is 0 Å². The smallest absolute Gasteiger partial charge is 0.328 e. The molecule has 1 unspecified atom stereocenters. The molecule has 7 heteroatoms. The van der Waals surface area contributed by atoms with Gasteiger partial charge in [-0.1, -0.05) is 0 Å². The summed E-state index contributed by atoms with van der Waals surface area (Å²) in [6.07, 6.45) is -0.0244. The van der Waals surface area contributed by atoms with Gasteiger partial charge in [0.15, 0.2) is 0 Å². The third-order valence-corrected chi connectivity index (χ3v) is 1.54. The minimum atomic E-state index is -1.30. The van der Waals surface area contributed by atoms with Crippen LogP contribution in [0.4, 0.5) is 0 Å². The van der Waals surface area contributed by atoms with E-state index in [4.69, 9.17) is 10.2 Å². The first-order valence-corrected chi connectivity index (χ1v) is 4.34. The van der Waals surface area contributed by atoms with E-state index in [1.165, 1.54) is 6.92 Å². The normalized spacial score (nSPS) is 11.6. The molecule has 0 radical (unpaired) electrons. The first-order valence-electron chi connectivity index (χ1n) is 4.34. The molecule has 4 N–H and O–H groups in total. The quantitative estimate of drug-likeness (QED) is 0.414. The monoisotopic (exact) mass is 218 g/mol. The van der Waals surface area contributed by atoms with E-state index in [1.54, 1.807) is 0 Å². The summed E-state index contributed by atoms with van der Waals surface area (Å²) in [5.41, 5.74) is 0. The van der Waals surface area contributed by atoms with Gasteiger partial charge in [0.25, 0.3) is 0 Å². The highest BCUT2D eigenvalue weighted by atomic mass is 16.4. The third-order valence-electron chi connectivity index (χ3n) is 1.54. The Balaban J connectivity index is 3.81. The number of carbonyl (C=O) groups is 3. The predicted octanol–water partition coefficient (Wildman–Crippen LogP) is -1.93. The van der Waals surface area contributed by atoms with Crippen molar-refractivity contribution in [1.82, 2.24) is 10.6 Å². The summed E-state index contributed by atoms with van der Waals surface area (Å²) in [6, 6.07) is -1.30. The van der Waals surface area contributed by atoms with Crippen LogP contribution in [0.1, 0.15) is 13.3 Å². The van der Waals surface area contributed by atoms with Gasteiger partial charge in [-0.2, -0.15) is 0 Å². The van der Waals surface area contributed by atoms with Crippen molar-refractivity contribution in [2.24, 2.45) is 0 Å². The molecule has 0 bridgehead atoms. The molecule has 0 aromatic carbocycles. The maximum Gasteiger partial charge on any atom is 0.328 e. The van der Waals surface area contributed by atoms with Crippen LogP contribution >= 0.6 is 0 Å². The van der Waals surface area contributed by atoms with Gasteiger partial charge in [-0.25, -0.2) is 4.79 Å². The van der Waals surface area contributed by atoms with E-state index in [9.17, 15) is 14.4 Å². The van der Waals surface area contributed by atoms with E-state index in [2.05, 4.69) is 10.6 Å². The number of nitrogens with one attached hydrogen (secondary N) is 2. The summed E-state index contributed by atoms with van der Waals surface area (Å²) in [7, 11) is 0. The lowest BCUT2D eigenvalue weighted by atomic mass is 10.3. The Morgan fingerprint density at radius 2 is 1.93 bits per heavy atom. The van der Waals surface area contributed by atoms with E-state index in [0.717, 1.165) is 0 Å². The first kappa shape index (κ1) is 13.4. The zero-order chi connectivity index (χ0) is 11.8. The van der Waals surface area contributed by atoms with Crippen LogP contribution in [-0.2, 0) is 14.4 Å². The summed E-state index contributed by atoms with van der Waals surface area (Å²) >= 11 is 0. The summed E-state index contributed by atoms with van der Waals surface area (Å²) in [5.74, 6) is -2.10. The fourth-order valence-corrected chi connectivity index (χ4v) is 0.804. The Morgan fingerprint density at radius 1 is 1.33 bits per heavy atom. The van der Waals surface area contributed by atoms with Crippen LogP contribution in [0.3, 0.4) is 0 Å². The van der Waals surface area contributed by atoms with Gasteiger partial charge in [-0.15, -0.1) is 0 Å². The van der Waals surface area contributed by atoms with E-state index < -0.39 is 24.5 Å². The first-order chi connectivity index (χ1) is 6.97. The molecule has 0 aliphatic heterocycles. The lowest BCUT2D eigenvalue weighted by Crippen LogP contribution is -2.44. The minimum absolute atomic E-state index is 0.0244. The highest BCUT2D eigenvalue weighted by molar-refractivity contribution is 5.84. The van der Waals surface area contributed by atoms with Gasteiger partial charge < -0.3 is 20.8 Å². The number of aliphatic hydroxyl groups excluding tert-OH is 1.